The van der Waals surface area contributed by atoms with Crippen LogP contribution in [0.15, 0.2) is 36.4 Å². The molecule has 0 aliphatic rings. The van der Waals surface area contributed by atoms with Crippen LogP contribution < -0.4 is 5.32 Å². The molecule has 1 N–H and O–H groups in total. The third-order valence-electron chi connectivity index (χ3n) is 1.93. The zero-order chi connectivity index (χ0) is 11.5. The van der Waals surface area contributed by atoms with Crippen LogP contribution in [0.4, 0.5) is 20.3 Å². The average Bonchev–Trinajstić information content (AvgIpc) is 2.25. The zero-order valence-corrected chi connectivity index (χ0v) is 8.80. The Morgan fingerprint density at radius 2 is 1.81 bits per heavy atom. The van der Waals surface area contributed by atoms with Crippen LogP contribution in [0.1, 0.15) is 0 Å². The highest BCUT2D eigenvalue weighted by Crippen LogP contribution is 2.21. The summed E-state index contributed by atoms with van der Waals surface area (Å²) in [5.74, 6) is -1.49. The smallest absolute Gasteiger partial charge is 0.182 e. The summed E-state index contributed by atoms with van der Waals surface area (Å²) in [5, 5.41) is 2.92. The molecule has 1 heterocycles. The second-order valence-corrected chi connectivity index (χ2v) is 3.46. The quantitative estimate of drug-likeness (QED) is 0.809. The first kappa shape index (κ1) is 10.8. The van der Waals surface area contributed by atoms with Crippen molar-refractivity contribution in [2.75, 3.05) is 5.32 Å². The van der Waals surface area contributed by atoms with E-state index in [1.165, 1.54) is 12.1 Å². The number of rotatable bonds is 2. The normalized spacial score (nSPS) is 10.2. The van der Waals surface area contributed by atoms with Gasteiger partial charge < -0.3 is 5.32 Å². The van der Waals surface area contributed by atoms with Crippen LogP contribution in [-0.2, 0) is 0 Å². The Morgan fingerprint density at radius 1 is 1.06 bits per heavy atom. The van der Waals surface area contributed by atoms with Crippen LogP contribution in [0.25, 0.3) is 0 Å². The number of benzene rings is 1. The van der Waals surface area contributed by atoms with Crippen molar-refractivity contribution in [3.8, 4) is 0 Å². The van der Waals surface area contributed by atoms with E-state index in [1.807, 2.05) is 0 Å². The number of anilines is 2. The summed E-state index contributed by atoms with van der Waals surface area (Å²) >= 11 is 5.66. The lowest BCUT2D eigenvalue weighted by molar-refractivity contribution is 0.511. The van der Waals surface area contributed by atoms with Gasteiger partial charge >= 0.3 is 0 Å². The van der Waals surface area contributed by atoms with E-state index in [0.717, 1.165) is 6.07 Å². The topological polar surface area (TPSA) is 24.9 Å². The fourth-order valence-corrected chi connectivity index (χ4v) is 1.38. The van der Waals surface area contributed by atoms with Gasteiger partial charge in [-0.3, -0.25) is 0 Å². The Morgan fingerprint density at radius 3 is 2.56 bits per heavy atom. The van der Waals surface area contributed by atoms with Crippen molar-refractivity contribution in [3.63, 3.8) is 0 Å². The van der Waals surface area contributed by atoms with Crippen molar-refractivity contribution in [2.45, 2.75) is 0 Å². The van der Waals surface area contributed by atoms with E-state index in [4.69, 9.17) is 11.6 Å². The number of nitrogens with zero attached hydrogens (tertiary/aromatic N) is 1. The number of nitrogens with one attached hydrogen (secondary N) is 1. The predicted molar refractivity (Wildman–Crippen MR) is 58.9 cm³/mol. The summed E-state index contributed by atoms with van der Waals surface area (Å²) in [6.07, 6.45) is 0. The van der Waals surface area contributed by atoms with Crippen LogP contribution in [-0.4, -0.2) is 4.98 Å². The molecule has 0 aliphatic carbocycles. The molecule has 0 amide bonds. The Balaban J connectivity index is 2.31. The minimum Gasteiger partial charge on any atom is -0.338 e. The number of aromatic nitrogens is 1. The van der Waals surface area contributed by atoms with Crippen molar-refractivity contribution in [1.82, 2.24) is 4.98 Å². The highest BCUT2D eigenvalue weighted by molar-refractivity contribution is 6.29. The number of hydrogen-bond acceptors (Lipinski definition) is 2. The summed E-state index contributed by atoms with van der Waals surface area (Å²) < 4.78 is 26.2. The van der Waals surface area contributed by atoms with E-state index in [9.17, 15) is 8.78 Å². The van der Waals surface area contributed by atoms with E-state index in [2.05, 4.69) is 10.3 Å². The zero-order valence-electron chi connectivity index (χ0n) is 8.05. The van der Waals surface area contributed by atoms with Gasteiger partial charge in [0.15, 0.2) is 11.6 Å². The van der Waals surface area contributed by atoms with E-state index in [1.54, 1.807) is 18.2 Å². The van der Waals surface area contributed by atoms with Gasteiger partial charge in [-0.05, 0) is 24.3 Å². The molecule has 2 aromatic rings. The molecule has 5 heteroatoms. The van der Waals surface area contributed by atoms with Crippen LogP contribution in [0.3, 0.4) is 0 Å². The minimum atomic E-state index is -0.940. The fraction of sp³-hybridized carbons (Fsp3) is 0. The molecule has 1 aromatic carbocycles. The summed E-state index contributed by atoms with van der Waals surface area (Å²) in [7, 11) is 0. The molecule has 0 fully saturated rings. The van der Waals surface area contributed by atoms with Gasteiger partial charge in [-0.2, -0.15) is 0 Å². The van der Waals surface area contributed by atoms with Gasteiger partial charge in [0.2, 0.25) is 0 Å². The van der Waals surface area contributed by atoms with Gasteiger partial charge in [-0.1, -0.05) is 23.7 Å². The molecule has 1 aromatic heterocycles. The molecule has 0 spiro atoms. The molecule has 0 radical (unpaired) electrons. The van der Waals surface area contributed by atoms with E-state index >= 15 is 0 Å². The van der Waals surface area contributed by atoms with Crippen molar-refractivity contribution in [3.05, 3.63) is 53.2 Å². The van der Waals surface area contributed by atoms with Crippen molar-refractivity contribution < 1.29 is 8.78 Å². The van der Waals surface area contributed by atoms with Gasteiger partial charge in [0.25, 0.3) is 0 Å². The van der Waals surface area contributed by atoms with Gasteiger partial charge in [-0.25, -0.2) is 13.8 Å². The maximum atomic E-state index is 13.3. The Bertz CT molecular complexity index is 517. The largest absolute Gasteiger partial charge is 0.338 e. The lowest BCUT2D eigenvalue weighted by Gasteiger charge is -2.06. The Labute approximate surface area is 95.9 Å². The monoisotopic (exact) mass is 240 g/mol. The molecule has 0 saturated heterocycles. The van der Waals surface area contributed by atoms with Gasteiger partial charge in [0.1, 0.15) is 11.0 Å². The molecule has 0 atom stereocenters. The summed E-state index contributed by atoms with van der Waals surface area (Å²) in [4.78, 5) is 3.90. The third kappa shape index (κ3) is 2.28. The molecule has 0 bridgehead atoms. The highest BCUT2D eigenvalue weighted by atomic mass is 35.5. The second-order valence-electron chi connectivity index (χ2n) is 3.07. The van der Waals surface area contributed by atoms with Gasteiger partial charge in [0, 0.05) is 0 Å². The standard InChI is InChI=1S/C11H7ClF2N2/c12-9-5-2-6-10(16-9)15-8-4-1-3-7(13)11(8)14/h1-6H,(H,15,16). The van der Waals surface area contributed by atoms with Crippen LogP contribution in [0.5, 0.6) is 0 Å². The van der Waals surface area contributed by atoms with E-state index in [0.29, 0.717) is 5.82 Å². The Hall–Kier alpha value is -1.68. The number of halogens is 3. The first-order valence-electron chi connectivity index (χ1n) is 4.50. The molecule has 2 nitrogen and oxygen atoms in total. The van der Waals surface area contributed by atoms with Crippen LogP contribution in [0.2, 0.25) is 5.15 Å². The fourth-order valence-electron chi connectivity index (χ4n) is 1.22. The summed E-state index contributed by atoms with van der Waals surface area (Å²) in [6.45, 7) is 0. The predicted octanol–water partition coefficient (Wildman–Crippen LogP) is 3.76. The first-order chi connectivity index (χ1) is 7.66. The first-order valence-corrected chi connectivity index (χ1v) is 4.88. The maximum Gasteiger partial charge on any atom is 0.182 e. The van der Waals surface area contributed by atoms with Crippen LogP contribution in [0, 0.1) is 11.6 Å². The molecular formula is C11H7ClF2N2. The molecule has 16 heavy (non-hydrogen) atoms. The summed E-state index contributed by atoms with van der Waals surface area (Å²) in [6, 6.07) is 8.73. The SMILES string of the molecule is Fc1cccc(Nc2cccc(Cl)n2)c1F. The lowest BCUT2D eigenvalue weighted by atomic mass is 10.3. The third-order valence-corrected chi connectivity index (χ3v) is 2.14. The molecule has 2 rings (SSSR count). The number of hydrogen-bond donors (Lipinski definition) is 1. The minimum absolute atomic E-state index is 0.0229. The molecule has 0 aliphatic heterocycles. The van der Waals surface area contributed by atoms with Gasteiger partial charge in [-0.15, -0.1) is 0 Å². The molecule has 0 unspecified atom stereocenters. The molecular weight excluding hydrogens is 234 g/mol. The van der Waals surface area contributed by atoms with Crippen molar-refractivity contribution >= 4 is 23.1 Å². The molecule has 82 valence electrons. The van der Waals surface area contributed by atoms with E-state index in [-0.39, 0.29) is 10.8 Å². The number of pyridine rings is 1. The summed E-state index contributed by atoms with van der Waals surface area (Å²) in [5.41, 5.74) is 0.0229. The van der Waals surface area contributed by atoms with Gasteiger partial charge in [0.05, 0.1) is 5.69 Å². The second kappa shape index (κ2) is 4.45. The Kier molecular flexibility index (Phi) is 3.01. The van der Waals surface area contributed by atoms with Crippen molar-refractivity contribution in [2.24, 2.45) is 0 Å². The maximum absolute atomic E-state index is 13.3. The van der Waals surface area contributed by atoms with E-state index < -0.39 is 11.6 Å². The molecule has 0 saturated carbocycles. The van der Waals surface area contributed by atoms with Crippen LogP contribution >= 0.6 is 11.6 Å². The van der Waals surface area contributed by atoms with Crippen molar-refractivity contribution in [1.29, 1.82) is 0 Å². The highest BCUT2D eigenvalue weighted by Gasteiger charge is 2.07. The lowest BCUT2D eigenvalue weighted by Crippen LogP contribution is -1.97. The average molecular weight is 241 g/mol.